The van der Waals surface area contributed by atoms with Crippen LogP contribution in [0.1, 0.15) is 26.6 Å². The second-order valence-corrected chi connectivity index (χ2v) is 5.44. The molecule has 0 fully saturated rings. The first-order chi connectivity index (χ1) is 10.1. The maximum Gasteiger partial charge on any atom is 0.274 e. The molecule has 0 unspecified atom stereocenters. The molecular weight excluding hydrogens is 284 g/mol. The van der Waals surface area contributed by atoms with Crippen molar-refractivity contribution in [2.75, 3.05) is 13.6 Å². The predicted octanol–water partition coefficient (Wildman–Crippen LogP) is 1.43. The topological polar surface area (TPSA) is 72.1 Å². The van der Waals surface area contributed by atoms with Crippen LogP contribution in [0.2, 0.25) is 0 Å². The van der Waals surface area contributed by atoms with Gasteiger partial charge in [-0.2, -0.15) is 0 Å². The van der Waals surface area contributed by atoms with Gasteiger partial charge < -0.3 is 10.6 Å². The number of carbonyl (C=O) groups excluding carboxylic acids is 1. The lowest BCUT2D eigenvalue weighted by atomic mass is 10.2. The number of nitrogens with zero attached hydrogens (tertiary/aromatic N) is 3. The predicted molar refractivity (Wildman–Crippen MR) is 82.8 cm³/mol. The zero-order valence-electron chi connectivity index (χ0n) is 12.0. The molecule has 2 aromatic heterocycles. The van der Waals surface area contributed by atoms with Gasteiger partial charge in [-0.25, -0.2) is 4.98 Å². The SMILES string of the molecule is Cc1cnc(C(=O)N(C)Cc2csc(C#CCN)c2)cn1. The van der Waals surface area contributed by atoms with Gasteiger partial charge in [0.15, 0.2) is 0 Å². The zero-order valence-corrected chi connectivity index (χ0v) is 12.8. The minimum atomic E-state index is -0.150. The van der Waals surface area contributed by atoms with Gasteiger partial charge in [-0.05, 0) is 23.9 Å². The van der Waals surface area contributed by atoms with Crippen LogP contribution in [0.5, 0.6) is 0 Å². The molecule has 5 nitrogen and oxygen atoms in total. The van der Waals surface area contributed by atoms with Crippen molar-refractivity contribution in [3.05, 3.63) is 45.7 Å². The Hall–Kier alpha value is -2.23. The summed E-state index contributed by atoms with van der Waals surface area (Å²) in [6, 6.07) is 1.97. The van der Waals surface area contributed by atoms with Crippen molar-refractivity contribution in [1.29, 1.82) is 0 Å². The summed E-state index contributed by atoms with van der Waals surface area (Å²) in [4.78, 5) is 23.0. The van der Waals surface area contributed by atoms with Crippen molar-refractivity contribution < 1.29 is 4.79 Å². The molecule has 2 aromatic rings. The van der Waals surface area contributed by atoms with E-state index in [4.69, 9.17) is 5.73 Å². The highest BCUT2D eigenvalue weighted by Crippen LogP contribution is 2.15. The minimum Gasteiger partial charge on any atom is -0.336 e. The number of amides is 1. The molecule has 0 saturated carbocycles. The lowest BCUT2D eigenvalue weighted by Crippen LogP contribution is -2.27. The van der Waals surface area contributed by atoms with E-state index in [0.717, 1.165) is 16.1 Å². The highest BCUT2D eigenvalue weighted by atomic mass is 32.1. The van der Waals surface area contributed by atoms with E-state index in [1.807, 2.05) is 18.4 Å². The van der Waals surface area contributed by atoms with Crippen molar-refractivity contribution in [2.24, 2.45) is 5.73 Å². The van der Waals surface area contributed by atoms with Gasteiger partial charge >= 0.3 is 0 Å². The minimum absolute atomic E-state index is 0.150. The molecule has 0 radical (unpaired) electrons. The highest BCUT2D eigenvalue weighted by molar-refractivity contribution is 7.10. The number of carbonyl (C=O) groups is 1. The van der Waals surface area contributed by atoms with Crippen molar-refractivity contribution in [1.82, 2.24) is 14.9 Å². The Morgan fingerprint density at radius 3 is 2.90 bits per heavy atom. The average Bonchev–Trinajstić information content (AvgIpc) is 2.92. The third-order valence-electron chi connectivity index (χ3n) is 2.73. The molecule has 0 saturated heterocycles. The second kappa shape index (κ2) is 6.97. The fourth-order valence-corrected chi connectivity index (χ4v) is 2.48. The van der Waals surface area contributed by atoms with Gasteiger partial charge in [0.05, 0.1) is 23.3 Å². The summed E-state index contributed by atoms with van der Waals surface area (Å²) >= 11 is 1.55. The Kier molecular flexibility index (Phi) is 5.04. The Labute approximate surface area is 127 Å². The van der Waals surface area contributed by atoms with Crippen LogP contribution in [0.3, 0.4) is 0 Å². The number of hydrogen-bond donors (Lipinski definition) is 1. The normalized spacial score (nSPS) is 9.86. The highest BCUT2D eigenvalue weighted by Gasteiger charge is 2.14. The monoisotopic (exact) mass is 300 g/mol. The Bertz CT molecular complexity index is 682. The molecular formula is C15H16N4OS. The fraction of sp³-hybridized carbons (Fsp3) is 0.267. The first kappa shape index (κ1) is 15.2. The van der Waals surface area contributed by atoms with E-state index in [0.29, 0.717) is 18.8 Å². The van der Waals surface area contributed by atoms with Crippen molar-refractivity contribution in [3.63, 3.8) is 0 Å². The Balaban J connectivity index is 2.03. The molecule has 2 N–H and O–H groups in total. The van der Waals surface area contributed by atoms with Crippen molar-refractivity contribution in [2.45, 2.75) is 13.5 Å². The van der Waals surface area contributed by atoms with Crippen molar-refractivity contribution >= 4 is 17.2 Å². The molecule has 21 heavy (non-hydrogen) atoms. The molecule has 1 amide bonds. The second-order valence-electron chi connectivity index (χ2n) is 4.53. The van der Waals surface area contributed by atoms with Gasteiger partial charge in [0.2, 0.25) is 0 Å². The van der Waals surface area contributed by atoms with Crippen LogP contribution in [0.4, 0.5) is 0 Å². The maximum atomic E-state index is 12.2. The van der Waals surface area contributed by atoms with Crippen molar-refractivity contribution in [3.8, 4) is 11.8 Å². The molecule has 0 bridgehead atoms. The largest absolute Gasteiger partial charge is 0.336 e. The van der Waals surface area contributed by atoms with Crippen LogP contribution in [0, 0.1) is 18.8 Å². The maximum absolute atomic E-state index is 12.2. The lowest BCUT2D eigenvalue weighted by Gasteiger charge is -2.15. The van der Waals surface area contributed by atoms with E-state index in [1.165, 1.54) is 6.20 Å². The van der Waals surface area contributed by atoms with Crippen LogP contribution in [0.25, 0.3) is 0 Å². The fourth-order valence-electron chi connectivity index (χ4n) is 1.71. The summed E-state index contributed by atoms with van der Waals surface area (Å²) in [6.07, 6.45) is 3.09. The third-order valence-corrected chi connectivity index (χ3v) is 3.63. The van der Waals surface area contributed by atoms with Gasteiger partial charge in [-0.3, -0.25) is 9.78 Å². The van der Waals surface area contributed by atoms with Gasteiger partial charge in [0, 0.05) is 19.8 Å². The average molecular weight is 300 g/mol. The summed E-state index contributed by atoms with van der Waals surface area (Å²) in [7, 11) is 1.74. The zero-order chi connectivity index (χ0) is 15.2. The molecule has 0 atom stereocenters. The first-order valence-electron chi connectivity index (χ1n) is 6.40. The summed E-state index contributed by atoms with van der Waals surface area (Å²) in [6.45, 7) is 2.69. The Morgan fingerprint density at radius 1 is 1.43 bits per heavy atom. The quantitative estimate of drug-likeness (QED) is 0.870. The van der Waals surface area contributed by atoms with Crippen LogP contribution >= 0.6 is 11.3 Å². The van der Waals surface area contributed by atoms with E-state index in [-0.39, 0.29) is 5.91 Å². The lowest BCUT2D eigenvalue weighted by molar-refractivity contribution is 0.0779. The molecule has 0 aliphatic heterocycles. The van der Waals surface area contributed by atoms with Crippen LogP contribution in [-0.2, 0) is 6.54 Å². The molecule has 2 heterocycles. The number of rotatable bonds is 3. The smallest absolute Gasteiger partial charge is 0.274 e. The summed E-state index contributed by atoms with van der Waals surface area (Å²) < 4.78 is 0. The molecule has 0 aliphatic carbocycles. The number of aryl methyl sites for hydroxylation is 1. The molecule has 108 valence electrons. The first-order valence-corrected chi connectivity index (χ1v) is 7.28. The number of hydrogen-bond acceptors (Lipinski definition) is 5. The molecule has 6 heteroatoms. The molecule has 2 rings (SSSR count). The van der Waals surface area contributed by atoms with Gasteiger partial charge in [0.1, 0.15) is 5.69 Å². The number of thiophene rings is 1. The van der Waals surface area contributed by atoms with Crippen LogP contribution < -0.4 is 5.73 Å². The van der Waals surface area contributed by atoms with E-state index in [1.54, 1.807) is 29.5 Å². The van der Waals surface area contributed by atoms with Gasteiger partial charge in [-0.1, -0.05) is 11.8 Å². The molecule has 0 aliphatic rings. The Morgan fingerprint density at radius 2 is 2.24 bits per heavy atom. The number of aromatic nitrogens is 2. The van der Waals surface area contributed by atoms with Crippen LogP contribution in [-0.4, -0.2) is 34.4 Å². The summed E-state index contributed by atoms with van der Waals surface area (Å²) in [5.41, 5.74) is 7.52. The number of nitrogens with two attached hydrogens (primary N) is 1. The molecule has 0 spiro atoms. The summed E-state index contributed by atoms with van der Waals surface area (Å²) in [5, 5.41) is 1.99. The standard InChI is InChI=1S/C15H16N4OS/c1-11-7-18-14(8-17-11)15(20)19(2)9-12-6-13(21-10-12)4-3-5-16/h6-8,10H,5,9,16H2,1-2H3. The third kappa shape index (κ3) is 4.12. The van der Waals surface area contributed by atoms with Gasteiger partial charge in [-0.15, -0.1) is 11.3 Å². The van der Waals surface area contributed by atoms with E-state index in [2.05, 4.69) is 21.8 Å². The van der Waals surface area contributed by atoms with E-state index >= 15 is 0 Å². The van der Waals surface area contributed by atoms with Gasteiger partial charge in [0.25, 0.3) is 5.91 Å². The van der Waals surface area contributed by atoms with Crippen LogP contribution in [0.15, 0.2) is 23.8 Å². The van der Waals surface area contributed by atoms with E-state index < -0.39 is 0 Å². The summed E-state index contributed by atoms with van der Waals surface area (Å²) in [5.74, 6) is 5.65. The van der Waals surface area contributed by atoms with E-state index in [9.17, 15) is 4.79 Å². The molecule has 0 aromatic carbocycles.